The van der Waals surface area contributed by atoms with Gasteiger partial charge in [0.1, 0.15) is 11.2 Å². The summed E-state index contributed by atoms with van der Waals surface area (Å²) in [5, 5.41) is 8.17. The molecule has 7 nitrogen and oxygen atoms in total. The van der Waals surface area contributed by atoms with Crippen LogP contribution in [-0.4, -0.2) is 27.2 Å². The molecule has 0 saturated heterocycles. The Labute approximate surface area is 130 Å². The summed E-state index contributed by atoms with van der Waals surface area (Å²) in [4.78, 5) is 16.0. The maximum atomic E-state index is 11.9. The highest BCUT2D eigenvalue weighted by molar-refractivity contribution is 6.35. The van der Waals surface area contributed by atoms with E-state index in [0.717, 1.165) is 12.2 Å². The van der Waals surface area contributed by atoms with E-state index in [1.165, 1.54) is 6.39 Å². The van der Waals surface area contributed by atoms with Crippen molar-refractivity contribution in [1.29, 1.82) is 0 Å². The molecule has 2 aromatic heterocycles. The van der Waals surface area contributed by atoms with Crippen LogP contribution in [-0.2, 0) is 13.1 Å². The number of carbonyl (C=O) groups excluding carboxylic acids is 1. The number of rotatable bonds is 2. The zero-order valence-corrected chi connectivity index (χ0v) is 12.2. The molecule has 0 spiro atoms. The Bertz CT molecular complexity index is 898. The van der Waals surface area contributed by atoms with Gasteiger partial charge >= 0.3 is 0 Å². The van der Waals surface area contributed by atoms with E-state index in [9.17, 15) is 4.79 Å². The van der Waals surface area contributed by atoms with Gasteiger partial charge in [-0.1, -0.05) is 11.6 Å². The molecule has 3 aromatic rings. The Kier molecular flexibility index (Phi) is 2.91. The summed E-state index contributed by atoms with van der Waals surface area (Å²) in [5.74, 6) is -0.503. The second-order valence-electron chi connectivity index (χ2n) is 5.09. The smallest absolute Gasteiger partial charge is 0.252 e. The minimum atomic E-state index is -0.503. The van der Waals surface area contributed by atoms with Crippen molar-refractivity contribution in [1.82, 2.24) is 20.1 Å². The topological polar surface area (TPSA) is 99.0 Å². The summed E-state index contributed by atoms with van der Waals surface area (Å²) in [6.07, 6.45) is 1.33. The summed E-state index contributed by atoms with van der Waals surface area (Å²) in [6.45, 7) is 2.05. The number of hydrogen-bond acceptors (Lipinski definition) is 5. The molecule has 22 heavy (non-hydrogen) atoms. The van der Waals surface area contributed by atoms with Crippen molar-refractivity contribution >= 4 is 28.6 Å². The first-order valence-electron chi connectivity index (χ1n) is 6.78. The van der Waals surface area contributed by atoms with Crippen molar-refractivity contribution in [2.75, 3.05) is 6.54 Å². The van der Waals surface area contributed by atoms with Gasteiger partial charge in [0, 0.05) is 18.7 Å². The average molecular weight is 318 g/mol. The largest absolute Gasteiger partial charge is 0.442 e. The highest BCUT2D eigenvalue weighted by atomic mass is 35.5. The van der Waals surface area contributed by atoms with Gasteiger partial charge in [-0.25, -0.2) is 4.98 Å². The molecule has 0 saturated carbocycles. The zero-order chi connectivity index (χ0) is 15.3. The molecule has 0 atom stereocenters. The monoisotopic (exact) mass is 317 g/mol. The number of hydrogen-bond donors (Lipinski definition) is 2. The first-order chi connectivity index (χ1) is 10.6. The summed E-state index contributed by atoms with van der Waals surface area (Å²) >= 11 is 6.22. The third kappa shape index (κ3) is 1.90. The van der Waals surface area contributed by atoms with Crippen molar-refractivity contribution in [3.63, 3.8) is 0 Å². The summed E-state index contributed by atoms with van der Waals surface area (Å²) in [7, 11) is 0. The Hall–Kier alpha value is -2.38. The molecule has 3 heterocycles. The predicted molar refractivity (Wildman–Crippen MR) is 80.5 cm³/mol. The Morgan fingerprint density at radius 1 is 1.45 bits per heavy atom. The van der Waals surface area contributed by atoms with E-state index in [4.69, 9.17) is 21.8 Å². The molecular weight excluding hydrogens is 306 g/mol. The maximum Gasteiger partial charge on any atom is 0.252 e. The molecule has 112 valence electrons. The van der Waals surface area contributed by atoms with Crippen molar-refractivity contribution in [2.24, 2.45) is 5.73 Å². The van der Waals surface area contributed by atoms with Crippen molar-refractivity contribution < 1.29 is 9.21 Å². The van der Waals surface area contributed by atoms with Crippen LogP contribution in [0.1, 0.15) is 16.1 Å². The van der Waals surface area contributed by atoms with E-state index in [1.54, 1.807) is 12.1 Å². The highest BCUT2D eigenvalue weighted by Crippen LogP contribution is 2.32. The lowest BCUT2D eigenvalue weighted by molar-refractivity contribution is 0.0999. The minimum absolute atomic E-state index is 0.421. The number of halogens is 1. The third-order valence-corrected chi connectivity index (χ3v) is 4.04. The number of nitrogens with two attached hydrogens (primary N) is 1. The lowest BCUT2D eigenvalue weighted by Crippen LogP contribution is -2.30. The normalized spacial score (nSPS) is 14.2. The fraction of sp³-hybridized carbons (Fsp3) is 0.214. The first-order valence-corrected chi connectivity index (χ1v) is 7.16. The number of oxazole rings is 1. The SMILES string of the molecule is NC(=O)c1c(-c2cc(Cl)c3ocnc3c2)nn2c1CNCC2. The maximum absolute atomic E-state index is 11.9. The van der Waals surface area contributed by atoms with Gasteiger partial charge in [0.05, 0.1) is 22.8 Å². The number of aromatic nitrogens is 3. The van der Waals surface area contributed by atoms with Crippen LogP contribution in [0, 0.1) is 0 Å². The number of fused-ring (bicyclic) bond motifs is 2. The molecule has 0 aliphatic carbocycles. The van der Waals surface area contributed by atoms with Crippen LogP contribution in [0.5, 0.6) is 0 Å². The van der Waals surface area contributed by atoms with Crippen LogP contribution < -0.4 is 11.1 Å². The van der Waals surface area contributed by atoms with Crippen LogP contribution in [0.2, 0.25) is 5.02 Å². The van der Waals surface area contributed by atoms with Crippen LogP contribution in [0.3, 0.4) is 0 Å². The fourth-order valence-electron chi connectivity index (χ4n) is 2.78. The van der Waals surface area contributed by atoms with Gasteiger partial charge in [-0.2, -0.15) is 5.10 Å². The number of amides is 1. The van der Waals surface area contributed by atoms with Crippen molar-refractivity contribution in [3.8, 4) is 11.3 Å². The molecule has 3 N–H and O–H groups in total. The molecule has 0 radical (unpaired) electrons. The molecule has 0 bridgehead atoms. The molecule has 8 heteroatoms. The molecule has 0 fully saturated rings. The Morgan fingerprint density at radius 2 is 2.32 bits per heavy atom. The second kappa shape index (κ2) is 4.82. The second-order valence-corrected chi connectivity index (χ2v) is 5.50. The molecular formula is C14H12ClN5O2. The number of benzene rings is 1. The van der Waals surface area contributed by atoms with Gasteiger partial charge in [-0.15, -0.1) is 0 Å². The average Bonchev–Trinajstić information content (AvgIpc) is 3.11. The number of nitrogens with zero attached hydrogens (tertiary/aromatic N) is 3. The quantitative estimate of drug-likeness (QED) is 0.747. The molecule has 4 rings (SSSR count). The standard InChI is InChI=1S/C14H12ClN5O2/c15-8-3-7(4-9-13(8)22-6-18-9)12-11(14(16)21)10-5-17-1-2-20(10)19-12/h3-4,6,17H,1-2,5H2,(H2,16,21). The van der Waals surface area contributed by atoms with E-state index in [2.05, 4.69) is 15.4 Å². The highest BCUT2D eigenvalue weighted by Gasteiger charge is 2.25. The van der Waals surface area contributed by atoms with Crippen molar-refractivity contribution in [3.05, 3.63) is 34.8 Å². The van der Waals surface area contributed by atoms with E-state index in [1.807, 2.05) is 4.68 Å². The lowest BCUT2D eigenvalue weighted by Gasteiger charge is -2.15. The van der Waals surface area contributed by atoms with Gasteiger partial charge in [0.15, 0.2) is 12.0 Å². The van der Waals surface area contributed by atoms with E-state index in [0.29, 0.717) is 46.0 Å². The number of nitrogens with one attached hydrogen (secondary N) is 1. The first kappa shape index (κ1) is 13.3. The lowest BCUT2D eigenvalue weighted by atomic mass is 10.0. The Morgan fingerprint density at radius 3 is 3.14 bits per heavy atom. The van der Waals surface area contributed by atoms with E-state index >= 15 is 0 Å². The zero-order valence-electron chi connectivity index (χ0n) is 11.5. The molecule has 1 aliphatic rings. The van der Waals surface area contributed by atoms with Crippen LogP contribution in [0.15, 0.2) is 22.9 Å². The number of primary amides is 1. The molecule has 1 aromatic carbocycles. The number of carbonyl (C=O) groups is 1. The van der Waals surface area contributed by atoms with Crippen LogP contribution in [0.25, 0.3) is 22.4 Å². The summed E-state index contributed by atoms with van der Waals surface area (Å²) in [6, 6.07) is 3.50. The fourth-order valence-corrected chi connectivity index (χ4v) is 3.04. The van der Waals surface area contributed by atoms with Crippen LogP contribution >= 0.6 is 11.6 Å². The third-order valence-electron chi connectivity index (χ3n) is 3.76. The van der Waals surface area contributed by atoms with E-state index < -0.39 is 5.91 Å². The van der Waals surface area contributed by atoms with Gasteiger partial charge in [-0.05, 0) is 12.1 Å². The van der Waals surface area contributed by atoms with Crippen LogP contribution in [0.4, 0.5) is 0 Å². The van der Waals surface area contributed by atoms with Gasteiger partial charge < -0.3 is 15.5 Å². The van der Waals surface area contributed by atoms with Gasteiger partial charge in [0.25, 0.3) is 5.91 Å². The molecule has 0 unspecified atom stereocenters. The van der Waals surface area contributed by atoms with E-state index in [-0.39, 0.29) is 0 Å². The van der Waals surface area contributed by atoms with Gasteiger partial charge in [0.2, 0.25) is 0 Å². The summed E-state index contributed by atoms with van der Waals surface area (Å²) in [5.41, 5.74) is 9.13. The minimum Gasteiger partial charge on any atom is -0.442 e. The Balaban J connectivity index is 1.97. The summed E-state index contributed by atoms with van der Waals surface area (Å²) < 4.78 is 7.04. The van der Waals surface area contributed by atoms with Crippen molar-refractivity contribution in [2.45, 2.75) is 13.1 Å². The van der Waals surface area contributed by atoms with Gasteiger partial charge in [-0.3, -0.25) is 9.48 Å². The predicted octanol–water partition coefficient (Wildman–Crippen LogP) is 1.55. The molecule has 1 aliphatic heterocycles. The molecule has 1 amide bonds.